The summed E-state index contributed by atoms with van der Waals surface area (Å²) in [6, 6.07) is 12.5. The van der Waals surface area contributed by atoms with Crippen LogP contribution in [0.15, 0.2) is 52.9 Å². The number of sulfonamides is 1. The van der Waals surface area contributed by atoms with Crippen LogP contribution in [0.5, 0.6) is 0 Å². The topological polar surface area (TPSA) is 54.5 Å². The van der Waals surface area contributed by atoms with E-state index in [2.05, 4.69) is 0 Å². The first-order valence-electron chi connectivity index (χ1n) is 8.87. The number of rotatable bonds is 3. The van der Waals surface area contributed by atoms with E-state index < -0.39 is 10.0 Å². The normalized spacial score (nSPS) is 19.7. The number of ketones is 1. The molecule has 0 bridgehead atoms. The van der Waals surface area contributed by atoms with Crippen LogP contribution in [0.4, 0.5) is 0 Å². The molecule has 4 rings (SSSR count). The molecule has 27 heavy (non-hydrogen) atoms. The lowest BCUT2D eigenvalue weighted by molar-refractivity contribution is -0.111. The molecule has 1 fully saturated rings. The maximum atomic E-state index is 13.1. The van der Waals surface area contributed by atoms with Gasteiger partial charge in [-0.15, -0.1) is 0 Å². The van der Waals surface area contributed by atoms with Crippen molar-refractivity contribution >= 4 is 33.0 Å². The van der Waals surface area contributed by atoms with Crippen molar-refractivity contribution in [2.24, 2.45) is 5.92 Å². The first-order chi connectivity index (χ1) is 12.8. The third-order valence-corrected chi connectivity index (χ3v) is 7.55. The number of halogens is 1. The highest BCUT2D eigenvalue weighted by molar-refractivity contribution is 7.89. The zero-order valence-electron chi connectivity index (χ0n) is 15.2. The van der Waals surface area contributed by atoms with Crippen LogP contribution in [0.2, 0.25) is 5.02 Å². The highest BCUT2D eigenvalue weighted by atomic mass is 35.5. The first-order valence-corrected chi connectivity index (χ1v) is 10.7. The van der Waals surface area contributed by atoms with Gasteiger partial charge in [-0.05, 0) is 49.6 Å². The number of Topliss-reactive ketones (excluding diaryl/α,β-unsaturated/α-hetero) is 1. The molecule has 0 N–H and O–H groups in total. The number of benzene rings is 2. The monoisotopic (exact) mass is 401 g/mol. The average molecular weight is 402 g/mol. The molecule has 1 saturated heterocycles. The Labute approximate surface area is 164 Å². The molecule has 0 spiro atoms. The van der Waals surface area contributed by atoms with Crippen LogP contribution < -0.4 is 0 Å². The fourth-order valence-corrected chi connectivity index (χ4v) is 5.85. The van der Waals surface area contributed by atoms with Crippen LogP contribution in [0.25, 0.3) is 5.57 Å². The molecule has 6 heteroatoms. The zero-order valence-corrected chi connectivity index (χ0v) is 16.8. The Morgan fingerprint density at radius 2 is 1.85 bits per heavy atom. The Kier molecular flexibility index (Phi) is 4.49. The van der Waals surface area contributed by atoms with Crippen molar-refractivity contribution in [2.45, 2.75) is 25.2 Å². The molecule has 140 valence electrons. The number of hydrogen-bond acceptors (Lipinski definition) is 3. The molecule has 1 heterocycles. The zero-order chi connectivity index (χ0) is 19.3. The van der Waals surface area contributed by atoms with Gasteiger partial charge < -0.3 is 0 Å². The van der Waals surface area contributed by atoms with Crippen molar-refractivity contribution in [2.75, 3.05) is 13.1 Å². The SMILES string of the molecule is CC(=O)C1=C2CN(S(=O)(=O)c3ccc(C)cc3)CC2Cc2cccc(Cl)c21. The van der Waals surface area contributed by atoms with E-state index in [9.17, 15) is 13.2 Å². The lowest BCUT2D eigenvalue weighted by Gasteiger charge is -2.25. The Morgan fingerprint density at radius 3 is 2.52 bits per heavy atom. The summed E-state index contributed by atoms with van der Waals surface area (Å²) in [7, 11) is -3.61. The fourth-order valence-electron chi connectivity index (χ4n) is 4.10. The van der Waals surface area contributed by atoms with E-state index in [1.54, 1.807) is 30.3 Å². The number of nitrogens with zero attached hydrogens (tertiary/aromatic N) is 1. The largest absolute Gasteiger partial charge is 0.294 e. The maximum Gasteiger partial charge on any atom is 0.243 e. The minimum absolute atomic E-state index is 0.00934. The Bertz CT molecular complexity index is 1070. The molecular formula is C21H20ClNO3S. The smallest absolute Gasteiger partial charge is 0.243 e. The lowest BCUT2D eigenvalue weighted by Crippen LogP contribution is -2.29. The number of aryl methyl sites for hydroxylation is 1. The van der Waals surface area contributed by atoms with Crippen LogP contribution in [-0.2, 0) is 21.2 Å². The standard InChI is InChI=1S/C21H20ClNO3S/c1-13-6-8-17(9-7-13)27(25,26)23-11-16-10-15-4-3-5-19(22)21(15)20(14(2)24)18(16)12-23/h3-9,16H,10-12H2,1-2H3. The summed E-state index contributed by atoms with van der Waals surface area (Å²) in [4.78, 5) is 12.7. The molecule has 2 aliphatic rings. The van der Waals surface area contributed by atoms with Gasteiger partial charge in [-0.1, -0.05) is 41.4 Å². The van der Waals surface area contributed by atoms with Crippen molar-refractivity contribution in [3.05, 3.63) is 69.8 Å². The van der Waals surface area contributed by atoms with E-state index >= 15 is 0 Å². The van der Waals surface area contributed by atoms with Gasteiger partial charge in [-0.25, -0.2) is 8.42 Å². The third-order valence-electron chi connectivity index (χ3n) is 5.41. The second-order valence-electron chi connectivity index (χ2n) is 7.24. The van der Waals surface area contributed by atoms with Gasteiger partial charge in [0, 0.05) is 35.2 Å². The third kappa shape index (κ3) is 3.04. The molecule has 0 radical (unpaired) electrons. The van der Waals surface area contributed by atoms with Crippen molar-refractivity contribution in [3.63, 3.8) is 0 Å². The number of fused-ring (bicyclic) bond motifs is 2. The highest BCUT2D eigenvalue weighted by Crippen LogP contribution is 2.43. The van der Waals surface area contributed by atoms with Crippen LogP contribution in [0.3, 0.4) is 0 Å². The van der Waals surface area contributed by atoms with E-state index in [1.165, 1.54) is 11.2 Å². The Morgan fingerprint density at radius 1 is 1.15 bits per heavy atom. The molecule has 2 aromatic rings. The fraction of sp³-hybridized carbons (Fsp3) is 0.286. The molecule has 4 nitrogen and oxygen atoms in total. The minimum Gasteiger partial charge on any atom is -0.294 e. The van der Waals surface area contributed by atoms with Gasteiger partial charge in [0.2, 0.25) is 10.0 Å². The lowest BCUT2D eigenvalue weighted by atomic mass is 9.79. The predicted molar refractivity (Wildman–Crippen MR) is 106 cm³/mol. The summed E-state index contributed by atoms with van der Waals surface area (Å²) in [5, 5.41) is 0.545. The second kappa shape index (κ2) is 6.59. The summed E-state index contributed by atoms with van der Waals surface area (Å²) < 4.78 is 27.7. The summed E-state index contributed by atoms with van der Waals surface area (Å²) in [6.45, 7) is 4.06. The van der Waals surface area contributed by atoms with Crippen LogP contribution in [0, 0.1) is 12.8 Å². The summed E-state index contributed by atoms with van der Waals surface area (Å²) in [5.74, 6) is -0.0614. The molecule has 2 aromatic carbocycles. The quantitative estimate of drug-likeness (QED) is 0.784. The molecule has 1 atom stereocenters. The highest BCUT2D eigenvalue weighted by Gasteiger charge is 2.41. The van der Waals surface area contributed by atoms with Gasteiger partial charge in [0.1, 0.15) is 0 Å². The maximum absolute atomic E-state index is 13.1. The minimum atomic E-state index is -3.61. The predicted octanol–water partition coefficient (Wildman–Crippen LogP) is 3.87. The molecular weight excluding hydrogens is 382 g/mol. The van der Waals surface area contributed by atoms with Crippen LogP contribution in [-0.4, -0.2) is 31.6 Å². The van der Waals surface area contributed by atoms with E-state index in [1.807, 2.05) is 19.1 Å². The van der Waals surface area contributed by atoms with Crippen molar-refractivity contribution in [1.29, 1.82) is 0 Å². The van der Waals surface area contributed by atoms with Gasteiger partial charge in [-0.2, -0.15) is 4.31 Å². The summed E-state index contributed by atoms with van der Waals surface area (Å²) in [6.07, 6.45) is 0.696. The number of hydrogen-bond donors (Lipinski definition) is 0. The Balaban J connectivity index is 1.78. The molecule has 1 aliphatic heterocycles. The van der Waals surface area contributed by atoms with E-state index in [4.69, 9.17) is 11.6 Å². The molecule has 0 amide bonds. The van der Waals surface area contributed by atoms with Crippen LogP contribution in [0.1, 0.15) is 23.6 Å². The van der Waals surface area contributed by atoms with Gasteiger partial charge in [0.05, 0.1) is 4.90 Å². The van der Waals surface area contributed by atoms with Gasteiger partial charge in [0.25, 0.3) is 0 Å². The van der Waals surface area contributed by atoms with Crippen molar-refractivity contribution < 1.29 is 13.2 Å². The number of carbonyl (C=O) groups excluding carboxylic acids is 1. The van der Waals surface area contributed by atoms with Crippen LogP contribution >= 0.6 is 11.6 Å². The summed E-state index contributed by atoms with van der Waals surface area (Å²) in [5.41, 5.74) is 4.27. The van der Waals surface area contributed by atoms with Gasteiger partial charge in [-0.3, -0.25) is 4.79 Å². The molecule has 1 aliphatic carbocycles. The van der Waals surface area contributed by atoms with Gasteiger partial charge in [0.15, 0.2) is 5.78 Å². The van der Waals surface area contributed by atoms with E-state index in [0.29, 0.717) is 23.6 Å². The average Bonchev–Trinajstić information content (AvgIpc) is 3.04. The summed E-state index contributed by atoms with van der Waals surface area (Å²) >= 11 is 6.39. The second-order valence-corrected chi connectivity index (χ2v) is 9.59. The number of carbonyl (C=O) groups is 1. The van der Waals surface area contributed by atoms with Crippen molar-refractivity contribution in [1.82, 2.24) is 4.31 Å². The molecule has 1 unspecified atom stereocenters. The van der Waals surface area contributed by atoms with E-state index in [-0.39, 0.29) is 23.1 Å². The first kappa shape index (κ1) is 18.4. The van der Waals surface area contributed by atoms with E-state index in [0.717, 1.165) is 22.3 Å². The molecule has 0 aromatic heterocycles. The molecule has 0 saturated carbocycles. The van der Waals surface area contributed by atoms with Gasteiger partial charge >= 0.3 is 0 Å². The number of allylic oxidation sites excluding steroid dienone is 1. The Hall–Kier alpha value is -1.95. The van der Waals surface area contributed by atoms with Crippen molar-refractivity contribution in [3.8, 4) is 0 Å².